The van der Waals surface area contributed by atoms with E-state index in [4.69, 9.17) is 21.6 Å². The maximum absolute atomic E-state index is 13.8. The molecule has 0 bridgehead atoms. The summed E-state index contributed by atoms with van der Waals surface area (Å²) in [6, 6.07) is 0. The summed E-state index contributed by atoms with van der Waals surface area (Å²) in [6.07, 6.45) is 11.5. The number of unbranched alkanes of at least 4 members (excludes halogenated alkanes) is 1. The minimum absolute atomic E-state index is 0.0902. The molecule has 5 rings (SSSR count). The SMILES string of the molecule is C#C[C@]12O[C@@H](n3cnc4c(N)nc(F)nc43)C[C@@]1(OC(=O)[C@H]1CC[C@H](CCCC)CC1)C2O. The van der Waals surface area contributed by atoms with Crippen LogP contribution in [0.1, 0.15) is 64.5 Å². The summed E-state index contributed by atoms with van der Waals surface area (Å²) in [4.78, 5) is 24.4. The van der Waals surface area contributed by atoms with E-state index in [9.17, 15) is 14.3 Å². The predicted octanol–water partition coefficient (Wildman–Crippen LogP) is 2.49. The summed E-state index contributed by atoms with van der Waals surface area (Å²) >= 11 is 0. The molecule has 0 radical (unpaired) electrons. The van der Waals surface area contributed by atoms with Crippen molar-refractivity contribution in [1.29, 1.82) is 0 Å². The van der Waals surface area contributed by atoms with Crippen LogP contribution in [0.15, 0.2) is 6.33 Å². The number of terminal acetylenes is 1. The summed E-state index contributed by atoms with van der Waals surface area (Å²) < 4.78 is 27.1. The molecule has 33 heavy (non-hydrogen) atoms. The highest BCUT2D eigenvalue weighted by Crippen LogP contribution is 2.64. The summed E-state index contributed by atoms with van der Waals surface area (Å²) in [7, 11) is 0. The zero-order valence-electron chi connectivity index (χ0n) is 18.5. The lowest BCUT2D eigenvalue weighted by Gasteiger charge is -2.28. The molecule has 0 spiro atoms. The minimum Gasteiger partial charge on any atom is -0.451 e. The Kier molecular flexibility index (Phi) is 5.29. The number of hydrogen-bond acceptors (Lipinski definition) is 8. The number of fused-ring (bicyclic) bond motifs is 2. The maximum Gasteiger partial charge on any atom is 0.312 e. The second-order valence-corrected chi connectivity index (χ2v) is 9.43. The third-order valence-corrected chi connectivity index (χ3v) is 7.55. The minimum atomic E-state index is -1.46. The molecule has 9 nitrogen and oxygen atoms in total. The Hall–Kier alpha value is -2.77. The Morgan fingerprint density at radius 2 is 2.18 bits per heavy atom. The first-order valence-electron chi connectivity index (χ1n) is 11.6. The van der Waals surface area contributed by atoms with Gasteiger partial charge in [-0.25, -0.2) is 4.98 Å². The van der Waals surface area contributed by atoms with Crippen LogP contribution in [0.2, 0.25) is 0 Å². The molecule has 1 saturated heterocycles. The topological polar surface area (TPSA) is 125 Å². The van der Waals surface area contributed by atoms with Crippen LogP contribution < -0.4 is 5.73 Å². The average molecular weight is 458 g/mol. The molecule has 0 amide bonds. The third kappa shape index (κ3) is 3.28. The van der Waals surface area contributed by atoms with Gasteiger partial charge in [-0.3, -0.25) is 9.36 Å². The van der Waals surface area contributed by atoms with E-state index < -0.39 is 29.6 Å². The summed E-state index contributed by atoms with van der Waals surface area (Å²) in [5, 5.41) is 10.7. The average Bonchev–Trinajstić information content (AvgIpc) is 3.14. The number of nitrogen functional groups attached to an aromatic ring is 1. The molecule has 3 fully saturated rings. The van der Waals surface area contributed by atoms with E-state index in [-0.39, 0.29) is 35.3 Å². The van der Waals surface area contributed by atoms with Crippen LogP contribution in [0.5, 0.6) is 0 Å². The fraction of sp³-hybridized carbons (Fsp3) is 0.652. The van der Waals surface area contributed by atoms with Gasteiger partial charge < -0.3 is 20.3 Å². The first-order valence-corrected chi connectivity index (χ1v) is 11.6. The molecule has 2 saturated carbocycles. The summed E-state index contributed by atoms with van der Waals surface area (Å²) in [6.45, 7) is 2.18. The van der Waals surface area contributed by atoms with E-state index in [2.05, 4.69) is 27.8 Å². The highest BCUT2D eigenvalue weighted by atomic mass is 19.1. The number of hydrogen-bond donors (Lipinski definition) is 2. The van der Waals surface area contributed by atoms with E-state index in [1.54, 1.807) is 0 Å². The lowest BCUT2D eigenvalue weighted by molar-refractivity contribution is -0.160. The molecule has 2 aromatic rings. The zero-order chi connectivity index (χ0) is 23.4. The Bertz CT molecular complexity index is 1120. The van der Waals surface area contributed by atoms with Crippen LogP contribution >= 0.6 is 0 Å². The highest BCUT2D eigenvalue weighted by molar-refractivity contribution is 5.81. The third-order valence-electron chi connectivity index (χ3n) is 7.55. The number of carbonyl (C=O) groups is 1. The maximum atomic E-state index is 13.8. The molecule has 3 aliphatic rings. The zero-order valence-corrected chi connectivity index (χ0v) is 18.5. The highest BCUT2D eigenvalue weighted by Gasteiger charge is 2.86. The fourth-order valence-electron chi connectivity index (χ4n) is 5.53. The van der Waals surface area contributed by atoms with Gasteiger partial charge in [0.25, 0.3) is 0 Å². The van der Waals surface area contributed by atoms with Gasteiger partial charge in [0.05, 0.1) is 12.2 Å². The molecule has 176 valence electrons. The number of ether oxygens (including phenoxy) is 2. The molecule has 2 aromatic heterocycles. The number of imidazole rings is 1. The number of carbonyl (C=O) groups excluding carboxylic acids is 1. The molecular weight excluding hydrogens is 429 g/mol. The second-order valence-electron chi connectivity index (χ2n) is 9.43. The van der Waals surface area contributed by atoms with Gasteiger partial charge in [-0.1, -0.05) is 32.1 Å². The molecule has 1 unspecified atom stereocenters. The largest absolute Gasteiger partial charge is 0.451 e. The van der Waals surface area contributed by atoms with Crippen molar-refractivity contribution in [2.45, 2.75) is 81.8 Å². The Morgan fingerprint density at radius 3 is 2.88 bits per heavy atom. The van der Waals surface area contributed by atoms with E-state index >= 15 is 0 Å². The van der Waals surface area contributed by atoms with Crippen molar-refractivity contribution in [3.63, 3.8) is 0 Å². The van der Waals surface area contributed by atoms with Crippen LogP contribution in [-0.2, 0) is 14.3 Å². The van der Waals surface area contributed by atoms with Gasteiger partial charge in [0.15, 0.2) is 22.6 Å². The molecule has 2 aliphatic carbocycles. The first-order chi connectivity index (χ1) is 15.8. The summed E-state index contributed by atoms with van der Waals surface area (Å²) in [5.41, 5.74) is 3.29. The second kappa shape index (κ2) is 7.92. The monoisotopic (exact) mass is 457 g/mol. The van der Waals surface area contributed by atoms with Crippen LogP contribution in [0.4, 0.5) is 10.2 Å². The Labute approximate surface area is 190 Å². The van der Waals surface area contributed by atoms with Crippen molar-refractivity contribution >= 4 is 23.0 Å². The van der Waals surface area contributed by atoms with E-state index in [1.165, 1.54) is 30.2 Å². The van der Waals surface area contributed by atoms with Crippen molar-refractivity contribution < 1.29 is 23.8 Å². The van der Waals surface area contributed by atoms with Crippen molar-refractivity contribution in [1.82, 2.24) is 19.5 Å². The number of nitrogens with two attached hydrogens (primary N) is 1. The fourth-order valence-corrected chi connectivity index (χ4v) is 5.53. The van der Waals surface area contributed by atoms with Crippen molar-refractivity contribution in [2.24, 2.45) is 11.8 Å². The van der Waals surface area contributed by atoms with Crippen molar-refractivity contribution in [3.8, 4) is 12.3 Å². The van der Waals surface area contributed by atoms with Gasteiger partial charge in [-0.2, -0.15) is 14.4 Å². The smallest absolute Gasteiger partial charge is 0.312 e. The van der Waals surface area contributed by atoms with Crippen LogP contribution in [0.25, 0.3) is 11.2 Å². The molecule has 4 atom stereocenters. The molecule has 3 N–H and O–H groups in total. The number of aliphatic hydroxyl groups is 1. The number of nitrogens with zero attached hydrogens (tertiary/aromatic N) is 4. The number of rotatable bonds is 6. The summed E-state index contributed by atoms with van der Waals surface area (Å²) in [5.74, 6) is 2.49. The Balaban J connectivity index is 1.33. The number of aromatic nitrogens is 4. The van der Waals surface area contributed by atoms with Crippen molar-refractivity contribution in [3.05, 3.63) is 12.4 Å². The van der Waals surface area contributed by atoms with Crippen LogP contribution in [0, 0.1) is 30.3 Å². The lowest BCUT2D eigenvalue weighted by Crippen LogP contribution is -2.32. The van der Waals surface area contributed by atoms with E-state index in [1.807, 2.05) is 0 Å². The van der Waals surface area contributed by atoms with Crippen LogP contribution in [-0.4, -0.2) is 47.9 Å². The quantitative estimate of drug-likeness (QED) is 0.385. The van der Waals surface area contributed by atoms with Gasteiger partial charge in [0, 0.05) is 6.42 Å². The number of esters is 1. The number of halogens is 1. The van der Waals surface area contributed by atoms with Gasteiger partial charge in [-0.15, -0.1) is 6.42 Å². The Morgan fingerprint density at radius 1 is 1.42 bits per heavy atom. The van der Waals surface area contributed by atoms with E-state index in [0.717, 1.165) is 25.7 Å². The lowest BCUT2D eigenvalue weighted by atomic mass is 9.80. The molecule has 0 aromatic carbocycles. The standard InChI is InChI=1S/C23H28FN5O4/c1-3-5-6-13-7-9-14(10-8-13)19(30)33-23-11-15(32-22(23,4-2)20(23)31)29-12-26-16-17(25)27-21(24)28-18(16)29/h2,12-15,20,31H,3,5-11H2,1H3,(H2,25,27,28)/t13-,14-,15-,20?,22-,23-/m1/s1. The molecule has 1 aliphatic heterocycles. The first kappa shape index (κ1) is 22.0. The van der Waals surface area contributed by atoms with Gasteiger partial charge in [-0.05, 0) is 31.6 Å². The molecule has 3 heterocycles. The molecular formula is C23H28FN5O4. The number of aliphatic hydroxyl groups excluding tert-OH is 1. The normalized spacial score (nSPS) is 35.2. The van der Waals surface area contributed by atoms with Gasteiger partial charge >= 0.3 is 12.0 Å². The number of anilines is 1. The van der Waals surface area contributed by atoms with E-state index in [0.29, 0.717) is 5.92 Å². The molecule has 10 heteroatoms. The van der Waals surface area contributed by atoms with Gasteiger partial charge in [0.2, 0.25) is 5.60 Å². The predicted molar refractivity (Wildman–Crippen MR) is 116 cm³/mol. The van der Waals surface area contributed by atoms with Crippen LogP contribution in [0.3, 0.4) is 0 Å². The van der Waals surface area contributed by atoms with Crippen molar-refractivity contribution in [2.75, 3.05) is 5.73 Å². The van der Waals surface area contributed by atoms with Gasteiger partial charge in [0.1, 0.15) is 12.3 Å².